The molecular weight excluding hydrogens is 719 g/mol. The summed E-state index contributed by atoms with van der Waals surface area (Å²) >= 11 is 0. The average molecular weight is 759 g/mol. The molecule has 1 radical (unpaired) electrons. The first-order chi connectivity index (χ1) is 20.7. The Morgan fingerprint density at radius 3 is 2.20 bits per heavy atom. The molecule has 5 aromatic rings. The molecule has 0 saturated heterocycles. The molecule has 4 heteroatoms. The number of ketones is 1. The summed E-state index contributed by atoms with van der Waals surface area (Å²) in [5.41, 5.74) is 11.7. The number of aliphatic hydroxyl groups is 1. The molecule has 0 unspecified atom stereocenters. The van der Waals surface area contributed by atoms with Gasteiger partial charge >= 0.3 is 0 Å². The van der Waals surface area contributed by atoms with E-state index in [2.05, 4.69) is 105 Å². The van der Waals surface area contributed by atoms with Gasteiger partial charge in [-0.3, -0.25) is 4.79 Å². The molecule has 1 aromatic heterocycles. The monoisotopic (exact) mass is 759 g/mol. The third-order valence-corrected chi connectivity index (χ3v) is 7.84. The third kappa shape index (κ3) is 8.62. The molecule has 0 aliphatic heterocycles. The van der Waals surface area contributed by atoms with E-state index < -0.39 is 0 Å². The summed E-state index contributed by atoms with van der Waals surface area (Å²) in [6, 6.07) is 35.3. The molecule has 9 rings (SSSR count). The molecule has 3 nitrogen and oxygen atoms in total. The number of aliphatic hydroxyl groups excluding tert-OH is 1. The van der Waals surface area contributed by atoms with E-state index in [-0.39, 0.29) is 31.6 Å². The van der Waals surface area contributed by atoms with Crippen LogP contribution in [0.5, 0.6) is 0 Å². The molecule has 4 aromatic carbocycles. The number of aryl methyl sites for hydroxylation is 4. The number of carbonyl (C=O) groups is 1. The van der Waals surface area contributed by atoms with Crippen molar-refractivity contribution in [1.82, 2.24) is 4.98 Å². The van der Waals surface area contributed by atoms with E-state index in [1.54, 1.807) is 0 Å². The van der Waals surface area contributed by atoms with Crippen molar-refractivity contribution in [3.63, 3.8) is 0 Å². The molecule has 1 heterocycles. The number of fused-ring (bicyclic) bond motifs is 1. The summed E-state index contributed by atoms with van der Waals surface area (Å²) in [4.78, 5) is 14.8. The molecule has 0 amide bonds. The van der Waals surface area contributed by atoms with Crippen LogP contribution in [-0.2, 0) is 57.0 Å². The van der Waals surface area contributed by atoms with E-state index >= 15 is 0 Å². The molecule has 4 aliphatic carbocycles. The Bertz CT molecular complexity index is 1770. The van der Waals surface area contributed by atoms with Crippen molar-refractivity contribution in [2.75, 3.05) is 0 Å². The van der Waals surface area contributed by atoms with Crippen molar-refractivity contribution in [1.29, 1.82) is 0 Å². The van der Waals surface area contributed by atoms with Crippen LogP contribution in [0.15, 0.2) is 103 Å². The number of hydrogen-bond acceptors (Lipinski definition) is 3. The van der Waals surface area contributed by atoms with E-state index in [1.807, 2.05) is 6.20 Å². The topological polar surface area (TPSA) is 50.2 Å². The zero-order valence-corrected chi connectivity index (χ0v) is 28.4. The molecule has 0 atom stereocenters. The Morgan fingerprint density at radius 1 is 0.864 bits per heavy atom. The minimum Gasteiger partial charge on any atom is -0.512 e. The molecule has 0 saturated carbocycles. The van der Waals surface area contributed by atoms with Gasteiger partial charge in [-0.2, -0.15) is 0 Å². The fourth-order valence-electron chi connectivity index (χ4n) is 5.81. The quantitative estimate of drug-likeness (QED) is 0.110. The second-order valence-corrected chi connectivity index (χ2v) is 12.0. The number of pyridine rings is 1. The summed E-state index contributed by atoms with van der Waals surface area (Å²) in [5.74, 6) is 0.583. The number of aromatic nitrogens is 1. The average Bonchev–Trinajstić information content (AvgIpc) is 2.97. The van der Waals surface area contributed by atoms with Crippen LogP contribution in [0.25, 0.3) is 33.2 Å². The van der Waals surface area contributed by atoms with Gasteiger partial charge in [0, 0.05) is 32.4 Å². The fourth-order valence-corrected chi connectivity index (χ4v) is 5.81. The molecular formula is C40H40IrNO2-. The molecule has 227 valence electrons. The standard InChI is InChI=1S/C35H32N.C5H8O2.Ir/c1-24(2)20-28-14-17-33-31(21-28)18-19-36-35(33)32-5-3-4-30(23-32)34-22-27-11-10-25-6-8-26(9-7-25)12-15-29(34)16-13-27;1-4(6)3-5(2)7;/h3-4,6-9,13-14,16-19,21-24H,10-12,15,20H2,1-2H3;3,6H,1-2H3;/q-1;;/b;4-3-;. The van der Waals surface area contributed by atoms with Crippen molar-refractivity contribution >= 4 is 16.6 Å². The number of allylic oxidation sites excluding steroid dienone is 2. The van der Waals surface area contributed by atoms with E-state index in [4.69, 9.17) is 10.1 Å². The van der Waals surface area contributed by atoms with Crippen LogP contribution >= 0.6 is 0 Å². The van der Waals surface area contributed by atoms with Gasteiger partial charge in [0.25, 0.3) is 0 Å². The molecule has 44 heavy (non-hydrogen) atoms. The smallest absolute Gasteiger partial charge is 0.155 e. The molecule has 4 bridgehead atoms. The Morgan fingerprint density at radius 2 is 1.55 bits per heavy atom. The molecule has 0 fully saturated rings. The normalized spacial score (nSPS) is 12.6. The number of benzene rings is 4. The minimum atomic E-state index is -0.125. The number of nitrogens with zero attached hydrogens (tertiary/aromatic N) is 1. The first kappa shape index (κ1) is 33.1. The zero-order valence-electron chi connectivity index (χ0n) is 26.0. The fraction of sp³-hybridized carbons (Fsp3) is 0.250. The number of rotatable bonds is 5. The first-order valence-electron chi connectivity index (χ1n) is 15.2. The van der Waals surface area contributed by atoms with Crippen molar-refractivity contribution in [2.24, 2.45) is 5.92 Å². The zero-order chi connectivity index (χ0) is 30.3. The molecule has 1 N–H and O–H groups in total. The Balaban J connectivity index is 0.000000497. The first-order valence-corrected chi connectivity index (χ1v) is 15.2. The van der Waals surface area contributed by atoms with Crippen molar-refractivity contribution in [2.45, 2.75) is 59.8 Å². The SMILES string of the molecule is CC(=O)/C=C(/C)O.CC(C)Cc1ccc2c(-c3[c-]ccc(-c4cc5ccc4CCc4ccc(cc4)CC5)c3)nccc2c1.[Ir]. The van der Waals surface area contributed by atoms with Gasteiger partial charge in [0.05, 0.1) is 5.76 Å². The van der Waals surface area contributed by atoms with Crippen LogP contribution in [0.3, 0.4) is 0 Å². The van der Waals surface area contributed by atoms with Crippen LogP contribution in [0.2, 0.25) is 0 Å². The predicted octanol–water partition coefficient (Wildman–Crippen LogP) is 9.49. The van der Waals surface area contributed by atoms with Crippen LogP contribution in [-0.4, -0.2) is 15.9 Å². The van der Waals surface area contributed by atoms with Crippen LogP contribution in [0.4, 0.5) is 0 Å². The van der Waals surface area contributed by atoms with Crippen LogP contribution < -0.4 is 0 Å². The Labute approximate surface area is 275 Å². The van der Waals surface area contributed by atoms with Gasteiger partial charge in [-0.05, 0) is 108 Å². The van der Waals surface area contributed by atoms with E-state index in [9.17, 15) is 4.79 Å². The number of hydrogen-bond donors (Lipinski definition) is 1. The van der Waals surface area contributed by atoms with E-state index in [0.29, 0.717) is 5.92 Å². The van der Waals surface area contributed by atoms with Gasteiger partial charge in [0.1, 0.15) is 0 Å². The van der Waals surface area contributed by atoms with Gasteiger partial charge < -0.3 is 10.1 Å². The van der Waals surface area contributed by atoms with Gasteiger partial charge in [0.2, 0.25) is 0 Å². The van der Waals surface area contributed by atoms with Gasteiger partial charge in [-0.25, -0.2) is 0 Å². The van der Waals surface area contributed by atoms with E-state index in [0.717, 1.165) is 43.4 Å². The summed E-state index contributed by atoms with van der Waals surface area (Å²) < 4.78 is 0. The largest absolute Gasteiger partial charge is 0.512 e. The Hall–Kier alpha value is -3.85. The van der Waals surface area contributed by atoms with Crippen molar-refractivity contribution in [3.8, 4) is 22.4 Å². The van der Waals surface area contributed by atoms with Gasteiger partial charge in [-0.15, -0.1) is 35.4 Å². The second kappa shape index (κ2) is 15.2. The number of carbonyl (C=O) groups excluding carboxylic acids is 1. The molecule has 4 aliphatic rings. The van der Waals surface area contributed by atoms with Gasteiger partial charge in [-0.1, -0.05) is 74.5 Å². The van der Waals surface area contributed by atoms with E-state index in [1.165, 1.54) is 69.6 Å². The third-order valence-electron chi connectivity index (χ3n) is 7.84. The maximum atomic E-state index is 10.0. The summed E-state index contributed by atoms with van der Waals surface area (Å²) in [6.45, 7) is 7.39. The maximum absolute atomic E-state index is 10.0. The summed E-state index contributed by atoms with van der Waals surface area (Å²) in [5, 5.41) is 10.8. The Kier molecular flexibility index (Phi) is 11.4. The van der Waals surface area contributed by atoms with Crippen LogP contribution in [0, 0.1) is 12.0 Å². The van der Waals surface area contributed by atoms with Gasteiger partial charge in [0.15, 0.2) is 5.78 Å². The predicted molar refractivity (Wildman–Crippen MR) is 178 cm³/mol. The maximum Gasteiger partial charge on any atom is 0.155 e. The molecule has 0 spiro atoms. The summed E-state index contributed by atoms with van der Waals surface area (Å²) in [7, 11) is 0. The van der Waals surface area contributed by atoms with Crippen LogP contribution in [0.1, 0.15) is 55.5 Å². The van der Waals surface area contributed by atoms with Crippen molar-refractivity contribution < 1.29 is 30.0 Å². The van der Waals surface area contributed by atoms with Crippen molar-refractivity contribution in [3.05, 3.63) is 137 Å². The summed E-state index contributed by atoms with van der Waals surface area (Å²) in [6.07, 6.45) is 8.43. The second-order valence-electron chi connectivity index (χ2n) is 12.0. The minimum absolute atomic E-state index is 0.